The molecular weight excluding hydrogens is 364 g/mol. The molecule has 1 aliphatic heterocycles. The van der Waals surface area contributed by atoms with Gasteiger partial charge in [-0.1, -0.05) is 43.4 Å². The maximum absolute atomic E-state index is 12.5. The number of ether oxygens (including phenoxy) is 1. The highest BCUT2D eigenvalue weighted by Gasteiger charge is 2.35. The number of rotatable bonds is 4. The number of Topliss-reactive ketones (excluding diaryl/α,β-unsaturated/α-hetero) is 1. The van der Waals surface area contributed by atoms with E-state index < -0.39 is 0 Å². The Hall–Kier alpha value is -1.37. The molecule has 2 aromatic rings. The second kappa shape index (κ2) is 7.33. The minimum Gasteiger partial charge on any atom is -0.377 e. The first kappa shape index (κ1) is 18.0. The van der Waals surface area contributed by atoms with Crippen molar-refractivity contribution in [3.8, 4) is 0 Å². The van der Waals surface area contributed by atoms with Crippen LogP contribution < -0.4 is 4.90 Å². The van der Waals surface area contributed by atoms with Crippen molar-refractivity contribution >= 4 is 34.0 Å². The Bertz CT molecular complexity index is 788. The number of morpholine rings is 1. The Morgan fingerprint density at radius 3 is 2.92 bits per heavy atom. The van der Waals surface area contributed by atoms with E-state index in [0.29, 0.717) is 13.0 Å². The predicted octanol–water partition coefficient (Wildman–Crippen LogP) is 4.30. The van der Waals surface area contributed by atoms with Crippen molar-refractivity contribution in [2.75, 3.05) is 30.4 Å². The van der Waals surface area contributed by atoms with Gasteiger partial charge in [0.25, 0.3) is 0 Å². The predicted molar refractivity (Wildman–Crippen MR) is 108 cm³/mol. The van der Waals surface area contributed by atoms with Crippen molar-refractivity contribution in [2.45, 2.75) is 37.6 Å². The van der Waals surface area contributed by atoms with Gasteiger partial charge in [0.05, 0.1) is 29.8 Å². The third-order valence-electron chi connectivity index (χ3n) is 4.88. The first-order chi connectivity index (χ1) is 12.5. The number of fused-ring (bicyclic) bond motifs is 1. The summed E-state index contributed by atoms with van der Waals surface area (Å²) in [7, 11) is 0. The van der Waals surface area contributed by atoms with Crippen molar-refractivity contribution in [1.29, 1.82) is 0 Å². The molecule has 138 valence electrons. The van der Waals surface area contributed by atoms with Crippen molar-refractivity contribution in [1.82, 2.24) is 4.98 Å². The number of thiazole rings is 1. The van der Waals surface area contributed by atoms with Crippen LogP contribution in [0, 0.1) is 5.41 Å². The molecule has 1 aliphatic carbocycles. The van der Waals surface area contributed by atoms with Gasteiger partial charge in [0.15, 0.2) is 10.9 Å². The number of anilines is 1. The van der Waals surface area contributed by atoms with Crippen molar-refractivity contribution in [2.24, 2.45) is 5.41 Å². The summed E-state index contributed by atoms with van der Waals surface area (Å²) in [5, 5.41) is 0.989. The van der Waals surface area contributed by atoms with Gasteiger partial charge in [-0.25, -0.2) is 4.98 Å². The molecule has 1 fully saturated rings. The lowest BCUT2D eigenvalue weighted by molar-refractivity contribution is 0.0915. The van der Waals surface area contributed by atoms with E-state index in [1.165, 1.54) is 4.90 Å². The molecule has 26 heavy (non-hydrogen) atoms. The summed E-state index contributed by atoms with van der Waals surface area (Å²) in [5.74, 6) is 1.21. The zero-order chi connectivity index (χ0) is 18.1. The summed E-state index contributed by atoms with van der Waals surface area (Å²) in [6.45, 7) is 6.57. The fraction of sp³-hybridized carbons (Fsp3) is 0.500. The van der Waals surface area contributed by atoms with Gasteiger partial charge in [0, 0.05) is 23.6 Å². The van der Waals surface area contributed by atoms with E-state index in [1.54, 1.807) is 11.3 Å². The van der Waals surface area contributed by atoms with E-state index in [1.807, 2.05) is 17.8 Å². The third-order valence-corrected chi connectivity index (χ3v) is 7.22. The van der Waals surface area contributed by atoms with Crippen LogP contribution in [0.15, 0.2) is 35.2 Å². The quantitative estimate of drug-likeness (QED) is 0.731. The summed E-state index contributed by atoms with van der Waals surface area (Å²) in [4.78, 5) is 21.9. The molecule has 4 rings (SSSR count). The highest BCUT2D eigenvalue weighted by Crippen LogP contribution is 2.40. The molecule has 0 bridgehead atoms. The van der Waals surface area contributed by atoms with E-state index in [4.69, 9.17) is 9.72 Å². The minimum absolute atomic E-state index is 0.0169. The maximum atomic E-state index is 12.5. The lowest BCUT2D eigenvalue weighted by atomic mass is 9.78. The van der Waals surface area contributed by atoms with Crippen molar-refractivity contribution in [3.05, 3.63) is 40.9 Å². The first-order valence-electron chi connectivity index (χ1n) is 9.07. The third kappa shape index (κ3) is 3.82. The van der Waals surface area contributed by atoms with Gasteiger partial charge in [-0.15, -0.1) is 11.8 Å². The number of hydrogen-bond acceptors (Lipinski definition) is 6. The highest BCUT2D eigenvalue weighted by atomic mass is 32.2. The molecule has 0 spiro atoms. The highest BCUT2D eigenvalue weighted by molar-refractivity contribution is 7.99. The number of ketones is 1. The molecule has 1 saturated heterocycles. The summed E-state index contributed by atoms with van der Waals surface area (Å²) in [6, 6.07) is 10.7. The number of nitrogens with zero attached hydrogens (tertiary/aromatic N) is 2. The van der Waals surface area contributed by atoms with E-state index in [9.17, 15) is 4.79 Å². The van der Waals surface area contributed by atoms with E-state index in [0.717, 1.165) is 41.0 Å². The summed E-state index contributed by atoms with van der Waals surface area (Å²) in [5.41, 5.74) is 1.01. The first-order valence-corrected chi connectivity index (χ1v) is 10.9. The van der Waals surface area contributed by atoms with Gasteiger partial charge in [-0.2, -0.15) is 0 Å². The van der Waals surface area contributed by atoms with Crippen molar-refractivity contribution < 1.29 is 9.53 Å². The van der Waals surface area contributed by atoms with Crippen LogP contribution in [0.3, 0.4) is 0 Å². The molecule has 2 aliphatic rings. The molecule has 6 heteroatoms. The van der Waals surface area contributed by atoms with Crippen LogP contribution in [0.25, 0.3) is 0 Å². The van der Waals surface area contributed by atoms with E-state index in [2.05, 4.69) is 43.0 Å². The van der Waals surface area contributed by atoms with Crippen LogP contribution in [-0.2, 0) is 11.2 Å². The topological polar surface area (TPSA) is 42.4 Å². The summed E-state index contributed by atoms with van der Waals surface area (Å²) < 4.78 is 5.73. The number of carbonyl (C=O) groups excluding carboxylic acids is 1. The lowest BCUT2D eigenvalue weighted by Gasteiger charge is -2.35. The molecule has 1 atom stereocenters. The fourth-order valence-electron chi connectivity index (χ4n) is 3.58. The zero-order valence-corrected chi connectivity index (χ0v) is 16.9. The molecule has 4 nitrogen and oxygen atoms in total. The second-order valence-electron chi connectivity index (χ2n) is 7.76. The summed E-state index contributed by atoms with van der Waals surface area (Å²) >= 11 is 3.43. The molecule has 0 N–H and O–H groups in total. The van der Waals surface area contributed by atoms with Crippen LogP contribution in [0.1, 0.15) is 35.6 Å². The number of carbonyl (C=O) groups is 1. The number of benzene rings is 1. The van der Waals surface area contributed by atoms with Crippen LogP contribution in [-0.4, -0.2) is 42.3 Å². The Balaban J connectivity index is 1.53. The molecule has 1 aromatic carbocycles. The lowest BCUT2D eigenvalue weighted by Crippen LogP contribution is -2.47. The Morgan fingerprint density at radius 2 is 2.12 bits per heavy atom. The average Bonchev–Trinajstić information content (AvgIpc) is 3.04. The van der Waals surface area contributed by atoms with Crippen LogP contribution in [0.2, 0.25) is 0 Å². The fourth-order valence-corrected chi connectivity index (χ4v) is 5.71. The van der Waals surface area contributed by atoms with Crippen molar-refractivity contribution in [3.63, 3.8) is 0 Å². The standard InChI is InChI=1S/C20H24N2O2S2/c1-20(2)10-16-18(17(23)11-20)26-19(21-16)22-8-9-24-12-14(22)13-25-15-6-4-3-5-7-15/h3-7,14H,8-13H2,1-2H3/t14-/m1/s1. The number of thioether (sulfide) groups is 1. The van der Waals surface area contributed by atoms with Crippen LogP contribution >= 0.6 is 23.1 Å². The monoisotopic (exact) mass is 388 g/mol. The van der Waals surface area contributed by atoms with Gasteiger partial charge in [-0.3, -0.25) is 4.79 Å². The molecule has 0 amide bonds. The van der Waals surface area contributed by atoms with Gasteiger partial charge < -0.3 is 9.64 Å². The number of hydrogen-bond donors (Lipinski definition) is 0. The normalized spacial score (nSPS) is 22.3. The minimum atomic E-state index is 0.0169. The second-order valence-corrected chi connectivity index (χ2v) is 9.83. The maximum Gasteiger partial charge on any atom is 0.186 e. The SMILES string of the molecule is CC1(C)CC(=O)c2sc(N3CCOC[C@@H]3CSc3ccccc3)nc2C1. The number of aromatic nitrogens is 1. The summed E-state index contributed by atoms with van der Waals surface area (Å²) in [6.07, 6.45) is 1.51. The molecule has 2 heterocycles. The van der Waals surface area contributed by atoms with E-state index in [-0.39, 0.29) is 17.2 Å². The smallest absolute Gasteiger partial charge is 0.186 e. The average molecular weight is 389 g/mol. The van der Waals surface area contributed by atoms with Crippen LogP contribution in [0.5, 0.6) is 0 Å². The molecule has 1 aromatic heterocycles. The Kier molecular flexibility index (Phi) is 5.08. The zero-order valence-electron chi connectivity index (χ0n) is 15.2. The molecule has 0 saturated carbocycles. The van der Waals surface area contributed by atoms with Gasteiger partial charge >= 0.3 is 0 Å². The van der Waals surface area contributed by atoms with E-state index >= 15 is 0 Å². The Labute approximate surface area is 163 Å². The Morgan fingerprint density at radius 1 is 1.31 bits per heavy atom. The van der Waals surface area contributed by atoms with Gasteiger partial charge in [-0.05, 0) is 24.0 Å². The van der Waals surface area contributed by atoms with Gasteiger partial charge in [0.2, 0.25) is 0 Å². The van der Waals surface area contributed by atoms with Gasteiger partial charge in [0.1, 0.15) is 0 Å². The molecular formula is C20H24N2O2S2. The largest absolute Gasteiger partial charge is 0.377 e. The van der Waals surface area contributed by atoms with Crippen LogP contribution in [0.4, 0.5) is 5.13 Å². The molecule has 0 radical (unpaired) electrons. The molecule has 0 unspecified atom stereocenters.